The van der Waals surface area contributed by atoms with Crippen molar-refractivity contribution < 1.29 is 0 Å². The van der Waals surface area contributed by atoms with Crippen LogP contribution in [0.25, 0.3) is 0 Å². The van der Waals surface area contributed by atoms with Crippen LogP contribution < -0.4 is 10.6 Å². The summed E-state index contributed by atoms with van der Waals surface area (Å²) in [6, 6.07) is 7.45. The van der Waals surface area contributed by atoms with Gasteiger partial charge in [0.05, 0.1) is 0 Å². The van der Waals surface area contributed by atoms with Crippen molar-refractivity contribution in [1.82, 2.24) is 15.0 Å². The van der Waals surface area contributed by atoms with E-state index in [9.17, 15) is 0 Å². The predicted molar refractivity (Wildman–Crippen MR) is 74.1 cm³/mol. The molecule has 0 amide bonds. The van der Waals surface area contributed by atoms with Crippen molar-refractivity contribution >= 4 is 35.3 Å². The van der Waals surface area contributed by atoms with Gasteiger partial charge < -0.3 is 10.6 Å². The molecule has 2 N–H and O–H groups in total. The highest BCUT2D eigenvalue weighted by atomic mass is 35.5. The minimum Gasteiger partial charge on any atom is -0.368 e. The summed E-state index contributed by atoms with van der Waals surface area (Å²) < 4.78 is 0. The lowest BCUT2D eigenvalue weighted by molar-refractivity contribution is 0.876. The number of anilines is 2. The van der Waals surface area contributed by atoms with Gasteiger partial charge in [-0.3, -0.25) is 0 Å². The summed E-state index contributed by atoms with van der Waals surface area (Å²) in [6.45, 7) is 0. The molecule has 0 saturated carbocycles. The van der Waals surface area contributed by atoms with Crippen LogP contribution >= 0.6 is 23.4 Å². The van der Waals surface area contributed by atoms with Crippen LogP contribution in [-0.2, 0) is 0 Å². The topological polar surface area (TPSA) is 67.9 Å². The van der Waals surface area contributed by atoms with Crippen LogP contribution in [-0.4, -0.2) is 29.0 Å². The molecule has 0 bridgehead atoms. The molecular formula is C11H12ClN5S. The van der Waals surface area contributed by atoms with E-state index in [1.165, 1.54) is 11.8 Å². The van der Waals surface area contributed by atoms with E-state index in [0.717, 1.165) is 4.90 Å². The van der Waals surface area contributed by atoms with Gasteiger partial charge >= 0.3 is 0 Å². The van der Waals surface area contributed by atoms with Crippen molar-refractivity contribution in [2.75, 3.05) is 24.7 Å². The van der Waals surface area contributed by atoms with Gasteiger partial charge in [0.15, 0.2) is 5.16 Å². The maximum atomic E-state index is 5.83. The van der Waals surface area contributed by atoms with Gasteiger partial charge in [-0.1, -0.05) is 11.6 Å². The van der Waals surface area contributed by atoms with Crippen molar-refractivity contribution in [2.45, 2.75) is 10.1 Å². The number of hydrogen-bond acceptors (Lipinski definition) is 6. The fourth-order valence-corrected chi connectivity index (χ4v) is 2.09. The van der Waals surface area contributed by atoms with E-state index in [0.29, 0.717) is 16.1 Å². The SMILES string of the molecule is CN(C)c1nc(N)nc(Sc2ccc(Cl)cc2)n1. The minimum absolute atomic E-state index is 0.213. The Bertz CT molecular complexity index is 544. The standard InChI is InChI=1S/C11H12ClN5S/c1-17(2)10-14-9(13)15-11(16-10)18-8-5-3-7(12)4-6-8/h3-6H,1-2H3,(H2,13,14,15,16). The molecule has 1 aromatic heterocycles. The van der Waals surface area contributed by atoms with Gasteiger partial charge in [0.2, 0.25) is 11.9 Å². The van der Waals surface area contributed by atoms with E-state index in [1.54, 1.807) is 4.90 Å². The Morgan fingerprint density at radius 2 is 1.78 bits per heavy atom. The van der Waals surface area contributed by atoms with Gasteiger partial charge in [-0.15, -0.1) is 0 Å². The van der Waals surface area contributed by atoms with Gasteiger partial charge in [0.1, 0.15) is 0 Å². The molecule has 0 radical (unpaired) electrons. The van der Waals surface area contributed by atoms with E-state index in [1.807, 2.05) is 38.4 Å². The lowest BCUT2D eigenvalue weighted by Crippen LogP contribution is -2.15. The number of hydrogen-bond donors (Lipinski definition) is 1. The summed E-state index contributed by atoms with van der Waals surface area (Å²) >= 11 is 7.24. The Balaban J connectivity index is 2.26. The number of benzene rings is 1. The second kappa shape index (κ2) is 5.41. The number of nitrogens with two attached hydrogens (primary N) is 1. The third-order valence-electron chi connectivity index (χ3n) is 2.04. The maximum absolute atomic E-state index is 5.83. The Morgan fingerprint density at radius 1 is 1.11 bits per heavy atom. The van der Waals surface area contributed by atoms with Crippen LogP contribution in [0.1, 0.15) is 0 Å². The van der Waals surface area contributed by atoms with E-state index in [-0.39, 0.29) is 5.95 Å². The Labute approximate surface area is 114 Å². The molecule has 2 rings (SSSR count). The zero-order valence-electron chi connectivity index (χ0n) is 9.96. The molecule has 0 unspecified atom stereocenters. The average Bonchev–Trinajstić information content (AvgIpc) is 2.31. The summed E-state index contributed by atoms with van der Waals surface area (Å²) in [5.74, 6) is 0.754. The zero-order chi connectivity index (χ0) is 13.1. The number of nitrogens with zero attached hydrogens (tertiary/aromatic N) is 4. The first kappa shape index (κ1) is 12.9. The maximum Gasteiger partial charge on any atom is 0.230 e. The molecule has 7 heteroatoms. The van der Waals surface area contributed by atoms with E-state index in [4.69, 9.17) is 17.3 Å². The molecule has 2 aromatic rings. The molecule has 0 saturated heterocycles. The van der Waals surface area contributed by atoms with Gasteiger partial charge in [-0.05, 0) is 36.0 Å². The zero-order valence-corrected chi connectivity index (χ0v) is 11.5. The van der Waals surface area contributed by atoms with Crippen LogP contribution in [0.15, 0.2) is 34.3 Å². The molecule has 1 aromatic carbocycles. The molecule has 18 heavy (non-hydrogen) atoms. The molecule has 0 atom stereocenters. The van der Waals surface area contributed by atoms with Crippen molar-refractivity contribution in [3.8, 4) is 0 Å². The first-order valence-electron chi connectivity index (χ1n) is 5.17. The quantitative estimate of drug-likeness (QED) is 0.931. The number of rotatable bonds is 3. The van der Waals surface area contributed by atoms with Gasteiger partial charge in [-0.25, -0.2) is 0 Å². The van der Waals surface area contributed by atoms with E-state index >= 15 is 0 Å². The van der Waals surface area contributed by atoms with Crippen LogP contribution in [0.4, 0.5) is 11.9 Å². The second-order valence-electron chi connectivity index (χ2n) is 3.73. The lowest BCUT2D eigenvalue weighted by Gasteiger charge is -2.10. The van der Waals surface area contributed by atoms with Crippen LogP contribution in [0.3, 0.4) is 0 Å². The highest BCUT2D eigenvalue weighted by Crippen LogP contribution is 2.26. The average molecular weight is 282 g/mol. The Hall–Kier alpha value is -1.53. The summed E-state index contributed by atoms with van der Waals surface area (Å²) in [5.41, 5.74) is 5.65. The van der Waals surface area contributed by atoms with Gasteiger partial charge in [0, 0.05) is 24.0 Å². The normalized spacial score (nSPS) is 10.4. The monoisotopic (exact) mass is 281 g/mol. The third kappa shape index (κ3) is 3.24. The van der Waals surface area contributed by atoms with Crippen molar-refractivity contribution in [3.63, 3.8) is 0 Å². The predicted octanol–water partition coefficient (Wildman–Crippen LogP) is 2.32. The first-order valence-corrected chi connectivity index (χ1v) is 6.36. The second-order valence-corrected chi connectivity index (χ2v) is 5.20. The highest BCUT2D eigenvalue weighted by Gasteiger charge is 2.07. The third-order valence-corrected chi connectivity index (χ3v) is 3.17. The highest BCUT2D eigenvalue weighted by molar-refractivity contribution is 7.99. The van der Waals surface area contributed by atoms with Crippen molar-refractivity contribution in [1.29, 1.82) is 0 Å². The molecule has 0 spiro atoms. The summed E-state index contributed by atoms with van der Waals surface area (Å²) in [7, 11) is 3.71. The Morgan fingerprint density at radius 3 is 2.39 bits per heavy atom. The molecule has 94 valence electrons. The smallest absolute Gasteiger partial charge is 0.230 e. The molecule has 0 aliphatic heterocycles. The Kier molecular flexibility index (Phi) is 3.88. The van der Waals surface area contributed by atoms with Crippen molar-refractivity contribution in [3.05, 3.63) is 29.3 Å². The molecule has 0 fully saturated rings. The minimum atomic E-state index is 0.213. The number of nitrogen functional groups attached to an aromatic ring is 1. The van der Waals surface area contributed by atoms with Crippen molar-refractivity contribution in [2.24, 2.45) is 0 Å². The molecule has 0 aliphatic carbocycles. The van der Waals surface area contributed by atoms with Crippen LogP contribution in [0.2, 0.25) is 5.02 Å². The molecule has 5 nitrogen and oxygen atoms in total. The van der Waals surface area contributed by atoms with Crippen LogP contribution in [0, 0.1) is 0 Å². The van der Waals surface area contributed by atoms with Gasteiger partial charge in [-0.2, -0.15) is 15.0 Å². The molecule has 1 heterocycles. The fourth-order valence-electron chi connectivity index (χ4n) is 1.21. The number of halogens is 1. The lowest BCUT2D eigenvalue weighted by atomic mass is 10.4. The van der Waals surface area contributed by atoms with Gasteiger partial charge in [0.25, 0.3) is 0 Å². The molecule has 0 aliphatic rings. The fraction of sp³-hybridized carbons (Fsp3) is 0.182. The van der Waals surface area contributed by atoms with E-state index < -0.39 is 0 Å². The van der Waals surface area contributed by atoms with E-state index in [2.05, 4.69) is 15.0 Å². The first-order chi connectivity index (χ1) is 8.54. The largest absolute Gasteiger partial charge is 0.368 e. The summed E-state index contributed by atoms with van der Waals surface area (Å²) in [6.07, 6.45) is 0. The summed E-state index contributed by atoms with van der Waals surface area (Å²) in [5, 5.41) is 1.26. The number of aromatic nitrogens is 3. The molecular weight excluding hydrogens is 270 g/mol. The summed E-state index contributed by atoms with van der Waals surface area (Å²) in [4.78, 5) is 15.2. The van der Waals surface area contributed by atoms with Crippen LogP contribution in [0.5, 0.6) is 0 Å².